The maximum Gasteiger partial charge on any atom is 0.256 e. The lowest BCUT2D eigenvalue weighted by Gasteiger charge is -2.11. The summed E-state index contributed by atoms with van der Waals surface area (Å²) in [6, 6.07) is 9.35. The van der Waals surface area contributed by atoms with E-state index < -0.39 is 0 Å². The van der Waals surface area contributed by atoms with Crippen LogP contribution in [0.25, 0.3) is 0 Å². The summed E-state index contributed by atoms with van der Waals surface area (Å²) < 4.78 is 5.40. The molecule has 0 atom stereocenters. The Morgan fingerprint density at radius 1 is 1.30 bits per heavy atom. The molecule has 0 fully saturated rings. The van der Waals surface area contributed by atoms with Crippen molar-refractivity contribution in [3.63, 3.8) is 0 Å². The first-order valence-electron chi connectivity index (χ1n) is 6.58. The van der Waals surface area contributed by atoms with Crippen LogP contribution in [0.5, 0.6) is 5.88 Å². The summed E-state index contributed by atoms with van der Waals surface area (Å²) >= 11 is 0. The summed E-state index contributed by atoms with van der Waals surface area (Å²) in [5, 5.41) is 2.85. The SMILES string of the molecule is CCOc1ncccc1NC(=O)c1cc(C)ccc1C. The molecule has 0 radical (unpaired) electrons. The molecule has 20 heavy (non-hydrogen) atoms. The van der Waals surface area contributed by atoms with Crippen LogP contribution in [0, 0.1) is 13.8 Å². The Bertz CT molecular complexity index is 624. The number of rotatable bonds is 4. The molecule has 0 spiro atoms. The van der Waals surface area contributed by atoms with E-state index in [1.807, 2.05) is 39.0 Å². The minimum atomic E-state index is -0.153. The molecule has 4 heteroatoms. The van der Waals surface area contributed by atoms with Gasteiger partial charge in [-0.3, -0.25) is 4.79 Å². The number of nitrogens with one attached hydrogen (secondary N) is 1. The molecule has 0 aliphatic carbocycles. The molecule has 0 saturated heterocycles. The predicted octanol–water partition coefficient (Wildman–Crippen LogP) is 3.35. The van der Waals surface area contributed by atoms with Gasteiger partial charge in [0.1, 0.15) is 5.69 Å². The molecule has 0 bridgehead atoms. The maximum atomic E-state index is 12.3. The molecule has 1 aromatic heterocycles. The first-order valence-corrected chi connectivity index (χ1v) is 6.58. The van der Waals surface area contributed by atoms with Crippen molar-refractivity contribution in [3.8, 4) is 5.88 Å². The lowest BCUT2D eigenvalue weighted by Crippen LogP contribution is -2.15. The topological polar surface area (TPSA) is 51.2 Å². The quantitative estimate of drug-likeness (QED) is 0.927. The number of carbonyl (C=O) groups excluding carboxylic acids is 1. The number of amides is 1. The second kappa shape index (κ2) is 6.19. The van der Waals surface area contributed by atoms with Crippen molar-refractivity contribution < 1.29 is 9.53 Å². The van der Waals surface area contributed by atoms with E-state index >= 15 is 0 Å². The van der Waals surface area contributed by atoms with E-state index in [-0.39, 0.29) is 5.91 Å². The third-order valence-corrected chi connectivity index (χ3v) is 2.94. The van der Waals surface area contributed by atoms with E-state index in [1.165, 1.54) is 0 Å². The van der Waals surface area contributed by atoms with Crippen molar-refractivity contribution in [2.75, 3.05) is 11.9 Å². The Kier molecular flexibility index (Phi) is 4.35. The third-order valence-electron chi connectivity index (χ3n) is 2.94. The largest absolute Gasteiger partial charge is 0.476 e. The maximum absolute atomic E-state index is 12.3. The van der Waals surface area contributed by atoms with Gasteiger partial charge in [0.05, 0.1) is 6.61 Å². The number of benzene rings is 1. The van der Waals surface area contributed by atoms with E-state index in [0.29, 0.717) is 23.7 Å². The zero-order valence-corrected chi connectivity index (χ0v) is 11.9. The molecule has 1 aromatic carbocycles. The molecule has 0 unspecified atom stereocenters. The Morgan fingerprint density at radius 3 is 2.85 bits per heavy atom. The van der Waals surface area contributed by atoms with Crippen LogP contribution >= 0.6 is 0 Å². The van der Waals surface area contributed by atoms with Gasteiger partial charge < -0.3 is 10.1 Å². The van der Waals surface area contributed by atoms with Crippen LogP contribution in [0.2, 0.25) is 0 Å². The van der Waals surface area contributed by atoms with Crippen LogP contribution in [-0.4, -0.2) is 17.5 Å². The van der Waals surface area contributed by atoms with Gasteiger partial charge in [0.15, 0.2) is 0 Å². The number of ether oxygens (including phenoxy) is 1. The van der Waals surface area contributed by atoms with Crippen molar-refractivity contribution in [3.05, 3.63) is 53.2 Å². The Balaban J connectivity index is 2.26. The number of nitrogens with zero attached hydrogens (tertiary/aromatic N) is 1. The number of hydrogen-bond acceptors (Lipinski definition) is 3. The fourth-order valence-corrected chi connectivity index (χ4v) is 1.91. The number of hydrogen-bond donors (Lipinski definition) is 1. The van der Waals surface area contributed by atoms with E-state index in [2.05, 4.69) is 10.3 Å². The smallest absolute Gasteiger partial charge is 0.256 e. The van der Waals surface area contributed by atoms with Gasteiger partial charge in [-0.15, -0.1) is 0 Å². The highest BCUT2D eigenvalue weighted by atomic mass is 16.5. The summed E-state index contributed by atoms with van der Waals surface area (Å²) in [6.45, 7) is 6.27. The molecule has 0 aliphatic heterocycles. The molecular weight excluding hydrogens is 252 g/mol. The van der Waals surface area contributed by atoms with E-state index in [1.54, 1.807) is 18.3 Å². The van der Waals surface area contributed by atoms with Crippen LogP contribution < -0.4 is 10.1 Å². The monoisotopic (exact) mass is 270 g/mol. The molecule has 2 rings (SSSR count). The van der Waals surface area contributed by atoms with Gasteiger partial charge in [-0.05, 0) is 44.5 Å². The van der Waals surface area contributed by atoms with Crippen molar-refractivity contribution in [1.82, 2.24) is 4.98 Å². The third kappa shape index (κ3) is 3.15. The van der Waals surface area contributed by atoms with Crippen LogP contribution in [0.15, 0.2) is 36.5 Å². The molecule has 1 heterocycles. The minimum absolute atomic E-state index is 0.153. The highest BCUT2D eigenvalue weighted by molar-refractivity contribution is 6.05. The van der Waals surface area contributed by atoms with Gasteiger partial charge in [0.25, 0.3) is 5.91 Å². The van der Waals surface area contributed by atoms with Crippen molar-refractivity contribution in [2.24, 2.45) is 0 Å². The number of carbonyl (C=O) groups is 1. The first kappa shape index (κ1) is 14.1. The lowest BCUT2D eigenvalue weighted by molar-refractivity contribution is 0.102. The molecule has 0 aliphatic rings. The molecule has 2 aromatic rings. The zero-order valence-electron chi connectivity index (χ0n) is 11.9. The number of aromatic nitrogens is 1. The summed E-state index contributed by atoms with van der Waals surface area (Å²) in [6.07, 6.45) is 1.64. The van der Waals surface area contributed by atoms with Gasteiger partial charge in [0, 0.05) is 11.8 Å². The standard InChI is InChI=1S/C16H18N2O2/c1-4-20-16-14(6-5-9-17-16)18-15(19)13-10-11(2)7-8-12(13)3/h5-10H,4H2,1-3H3,(H,18,19). The number of pyridine rings is 1. The molecule has 1 N–H and O–H groups in total. The van der Waals surface area contributed by atoms with Crippen LogP contribution in [0.3, 0.4) is 0 Å². The summed E-state index contributed by atoms with van der Waals surface area (Å²) in [4.78, 5) is 16.5. The summed E-state index contributed by atoms with van der Waals surface area (Å²) in [7, 11) is 0. The fourth-order valence-electron chi connectivity index (χ4n) is 1.91. The Morgan fingerprint density at radius 2 is 2.10 bits per heavy atom. The second-order valence-electron chi connectivity index (χ2n) is 4.56. The van der Waals surface area contributed by atoms with Gasteiger partial charge in [-0.1, -0.05) is 17.7 Å². The molecule has 104 valence electrons. The van der Waals surface area contributed by atoms with Gasteiger partial charge in [-0.25, -0.2) is 4.98 Å². The number of aryl methyl sites for hydroxylation is 2. The van der Waals surface area contributed by atoms with Crippen LogP contribution in [0.4, 0.5) is 5.69 Å². The van der Waals surface area contributed by atoms with E-state index in [0.717, 1.165) is 11.1 Å². The van der Waals surface area contributed by atoms with Crippen molar-refractivity contribution >= 4 is 11.6 Å². The van der Waals surface area contributed by atoms with Gasteiger partial charge in [-0.2, -0.15) is 0 Å². The van der Waals surface area contributed by atoms with Gasteiger partial charge >= 0.3 is 0 Å². The summed E-state index contributed by atoms with van der Waals surface area (Å²) in [5.41, 5.74) is 3.24. The Labute approximate surface area is 118 Å². The normalized spacial score (nSPS) is 10.2. The second-order valence-corrected chi connectivity index (χ2v) is 4.56. The van der Waals surface area contributed by atoms with Gasteiger partial charge in [0.2, 0.25) is 5.88 Å². The van der Waals surface area contributed by atoms with E-state index in [4.69, 9.17) is 4.74 Å². The summed E-state index contributed by atoms with van der Waals surface area (Å²) in [5.74, 6) is 0.286. The zero-order chi connectivity index (χ0) is 14.5. The lowest BCUT2D eigenvalue weighted by atomic mass is 10.1. The molecule has 4 nitrogen and oxygen atoms in total. The average Bonchev–Trinajstić information content (AvgIpc) is 2.44. The van der Waals surface area contributed by atoms with Crippen LogP contribution in [-0.2, 0) is 0 Å². The van der Waals surface area contributed by atoms with Crippen molar-refractivity contribution in [2.45, 2.75) is 20.8 Å². The highest BCUT2D eigenvalue weighted by Gasteiger charge is 2.12. The molecule has 1 amide bonds. The van der Waals surface area contributed by atoms with Crippen molar-refractivity contribution in [1.29, 1.82) is 0 Å². The highest BCUT2D eigenvalue weighted by Crippen LogP contribution is 2.22. The first-order chi connectivity index (χ1) is 9.61. The molecular formula is C16H18N2O2. The number of anilines is 1. The van der Waals surface area contributed by atoms with E-state index in [9.17, 15) is 4.79 Å². The predicted molar refractivity (Wildman–Crippen MR) is 79.3 cm³/mol. The average molecular weight is 270 g/mol. The van der Waals surface area contributed by atoms with Crippen LogP contribution in [0.1, 0.15) is 28.4 Å². The fraction of sp³-hybridized carbons (Fsp3) is 0.250. The Hall–Kier alpha value is -2.36. The minimum Gasteiger partial charge on any atom is -0.476 e. The molecule has 0 saturated carbocycles.